The summed E-state index contributed by atoms with van der Waals surface area (Å²) in [5.41, 5.74) is 0.618. The third kappa shape index (κ3) is 4.56. The molecule has 164 valence electrons. The Morgan fingerprint density at radius 3 is 2.10 bits per heavy atom. The van der Waals surface area contributed by atoms with Gasteiger partial charge in [0.15, 0.2) is 11.6 Å². The smallest absolute Gasteiger partial charge is 0.254 e. The van der Waals surface area contributed by atoms with Crippen LogP contribution < -0.4 is 0 Å². The van der Waals surface area contributed by atoms with Crippen LogP contribution in [0.25, 0.3) is 0 Å². The van der Waals surface area contributed by atoms with E-state index >= 15 is 0 Å². The van der Waals surface area contributed by atoms with Crippen LogP contribution in [0.15, 0.2) is 42.5 Å². The summed E-state index contributed by atoms with van der Waals surface area (Å²) in [5.74, 6) is -2.61. The first-order chi connectivity index (χ1) is 14.8. The van der Waals surface area contributed by atoms with Crippen molar-refractivity contribution in [2.45, 2.75) is 12.1 Å². The number of aliphatic hydroxyl groups excluding tert-OH is 1. The van der Waals surface area contributed by atoms with Crippen molar-refractivity contribution >= 4 is 23.4 Å². The Morgan fingerprint density at radius 1 is 0.839 bits per heavy atom. The molecule has 2 amide bonds. The fourth-order valence-corrected chi connectivity index (χ4v) is 4.26. The normalized spacial score (nSPS) is 22.1. The Hall–Kier alpha value is -2.55. The van der Waals surface area contributed by atoms with Crippen LogP contribution in [0.2, 0.25) is 5.02 Å². The molecule has 2 aromatic carbocycles. The first-order valence-corrected chi connectivity index (χ1v) is 10.4. The molecule has 2 unspecified atom stereocenters. The molecule has 0 bridgehead atoms. The van der Waals surface area contributed by atoms with Crippen LogP contribution in [0.5, 0.6) is 0 Å². The molecule has 4 rings (SSSR count). The second kappa shape index (κ2) is 8.90. The molecule has 0 radical (unpaired) electrons. The molecule has 2 heterocycles. The lowest BCUT2D eigenvalue weighted by Gasteiger charge is -2.38. The van der Waals surface area contributed by atoms with Crippen LogP contribution >= 0.6 is 11.6 Å². The second-order valence-corrected chi connectivity index (χ2v) is 8.25. The van der Waals surface area contributed by atoms with E-state index in [0.29, 0.717) is 36.8 Å². The number of carbonyl (C=O) groups is 2. The lowest BCUT2D eigenvalue weighted by atomic mass is 10.1. The van der Waals surface area contributed by atoms with E-state index in [0.717, 1.165) is 12.1 Å². The number of amides is 2. The van der Waals surface area contributed by atoms with Crippen molar-refractivity contribution in [3.63, 3.8) is 0 Å². The number of benzene rings is 2. The van der Waals surface area contributed by atoms with Crippen LogP contribution in [0.4, 0.5) is 8.78 Å². The molecule has 0 aliphatic carbocycles. The first-order valence-electron chi connectivity index (χ1n) is 10.0. The highest BCUT2D eigenvalue weighted by atomic mass is 35.5. The maximum Gasteiger partial charge on any atom is 0.254 e. The molecular weight excluding hydrogens is 428 g/mol. The first kappa shape index (κ1) is 21.7. The minimum atomic E-state index is -1.08. The van der Waals surface area contributed by atoms with Crippen molar-refractivity contribution in [3.05, 3.63) is 70.2 Å². The minimum absolute atomic E-state index is 0.0464. The maximum atomic E-state index is 13.5. The van der Waals surface area contributed by atoms with Gasteiger partial charge in [-0.25, -0.2) is 8.78 Å². The zero-order valence-corrected chi connectivity index (χ0v) is 17.4. The molecule has 9 heteroatoms. The van der Waals surface area contributed by atoms with E-state index in [9.17, 15) is 23.5 Å². The lowest BCUT2D eigenvalue weighted by Crippen LogP contribution is -2.54. The van der Waals surface area contributed by atoms with Gasteiger partial charge in [-0.1, -0.05) is 11.6 Å². The summed E-state index contributed by atoms with van der Waals surface area (Å²) in [6, 6.07) is 9.50. The van der Waals surface area contributed by atoms with Crippen LogP contribution in [-0.4, -0.2) is 83.0 Å². The van der Waals surface area contributed by atoms with Gasteiger partial charge in [0.1, 0.15) is 0 Å². The summed E-state index contributed by atoms with van der Waals surface area (Å²) in [7, 11) is 0. The zero-order valence-electron chi connectivity index (χ0n) is 16.7. The number of aliphatic hydroxyl groups is 1. The number of rotatable bonds is 3. The Bertz CT molecular complexity index is 980. The van der Waals surface area contributed by atoms with Crippen LogP contribution in [0, 0.1) is 11.6 Å². The number of β-amino-alcohol motifs (C(OH)–C–C–N with tert-alkyl or cyclic N) is 1. The van der Waals surface area contributed by atoms with Crippen molar-refractivity contribution < 1.29 is 23.5 Å². The average Bonchev–Trinajstić information content (AvgIpc) is 3.17. The van der Waals surface area contributed by atoms with Crippen molar-refractivity contribution in [2.75, 3.05) is 39.3 Å². The third-order valence-corrected chi connectivity index (χ3v) is 6.13. The second-order valence-electron chi connectivity index (χ2n) is 7.81. The molecule has 1 N–H and O–H groups in total. The summed E-state index contributed by atoms with van der Waals surface area (Å²) in [5, 5.41) is 11.1. The van der Waals surface area contributed by atoms with Gasteiger partial charge in [0, 0.05) is 55.4 Å². The van der Waals surface area contributed by atoms with Gasteiger partial charge in [-0.2, -0.15) is 0 Å². The quantitative estimate of drug-likeness (QED) is 0.780. The Morgan fingerprint density at radius 2 is 1.45 bits per heavy atom. The van der Waals surface area contributed by atoms with Crippen LogP contribution in [0.1, 0.15) is 20.7 Å². The summed E-state index contributed by atoms with van der Waals surface area (Å²) in [4.78, 5) is 30.6. The molecule has 2 aliphatic rings. The predicted molar refractivity (Wildman–Crippen MR) is 111 cm³/mol. The molecule has 2 aromatic rings. The molecule has 0 saturated carbocycles. The van der Waals surface area contributed by atoms with E-state index in [1.165, 1.54) is 11.0 Å². The molecular formula is C22H22ClF2N3O3. The van der Waals surface area contributed by atoms with E-state index in [2.05, 4.69) is 4.90 Å². The van der Waals surface area contributed by atoms with Crippen molar-refractivity contribution in [1.82, 2.24) is 14.7 Å². The lowest BCUT2D eigenvalue weighted by molar-refractivity contribution is 0.0376. The summed E-state index contributed by atoms with van der Waals surface area (Å²) in [6.07, 6.45) is -0.757. The van der Waals surface area contributed by atoms with Gasteiger partial charge in [-0.15, -0.1) is 0 Å². The van der Waals surface area contributed by atoms with Crippen LogP contribution in [-0.2, 0) is 0 Å². The number of piperazine rings is 1. The predicted octanol–water partition coefficient (Wildman–Crippen LogP) is 2.26. The topological polar surface area (TPSA) is 64.1 Å². The van der Waals surface area contributed by atoms with Gasteiger partial charge in [0.05, 0.1) is 12.1 Å². The number of nitrogens with zero attached hydrogens (tertiary/aromatic N) is 3. The standard InChI is InChI=1S/C22H22ClF2N3O3/c23-16-4-1-14(2-5-16)21(30)27-9-7-26(8-10-27)19-12-28(13-20(19)29)22(31)15-3-6-17(24)18(25)11-15/h1-6,11,19-20,29H,7-10,12-13H2. The third-order valence-electron chi connectivity index (χ3n) is 5.87. The van der Waals surface area contributed by atoms with Crippen molar-refractivity contribution in [2.24, 2.45) is 0 Å². The van der Waals surface area contributed by atoms with Gasteiger partial charge in [-0.05, 0) is 42.5 Å². The fourth-order valence-electron chi connectivity index (χ4n) is 4.14. The Labute approximate surface area is 183 Å². The zero-order chi connectivity index (χ0) is 22.1. The van der Waals surface area contributed by atoms with Gasteiger partial charge in [0.25, 0.3) is 11.8 Å². The Kier molecular flexibility index (Phi) is 6.22. The van der Waals surface area contributed by atoms with Crippen molar-refractivity contribution in [3.8, 4) is 0 Å². The molecule has 0 spiro atoms. The summed E-state index contributed by atoms with van der Waals surface area (Å²) < 4.78 is 26.6. The number of likely N-dealkylation sites (tertiary alicyclic amines) is 1. The molecule has 2 atom stereocenters. The summed E-state index contributed by atoms with van der Waals surface area (Å²) in [6.45, 7) is 2.53. The number of hydrogen-bond donors (Lipinski definition) is 1. The van der Waals surface area contributed by atoms with E-state index in [4.69, 9.17) is 11.6 Å². The van der Waals surface area contributed by atoms with Crippen molar-refractivity contribution in [1.29, 1.82) is 0 Å². The Balaban J connectivity index is 1.35. The SMILES string of the molecule is O=C(c1ccc(Cl)cc1)N1CCN(C2CN(C(=O)c3ccc(F)c(F)c3)CC2O)CC1. The van der Waals surface area contributed by atoms with Gasteiger partial charge in [-0.3, -0.25) is 14.5 Å². The fraction of sp³-hybridized carbons (Fsp3) is 0.364. The van der Waals surface area contributed by atoms with Gasteiger partial charge >= 0.3 is 0 Å². The highest BCUT2D eigenvalue weighted by Gasteiger charge is 2.39. The van der Waals surface area contributed by atoms with E-state index < -0.39 is 23.6 Å². The average molecular weight is 450 g/mol. The van der Waals surface area contributed by atoms with E-state index in [-0.39, 0.29) is 30.6 Å². The van der Waals surface area contributed by atoms with E-state index in [1.807, 2.05) is 0 Å². The molecule has 0 aromatic heterocycles. The van der Waals surface area contributed by atoms with Gasteiger partial charge in [0.2, 0.25) is 0 Å². The largest absolute Gasteiger partial charge is 0.390 e. The molecule has 31 heavy (non-hydrogen) atoms. The summed E-state index contributed by atoms with van der Waals surface area (Å²) >= 11 is 5.88. The monoisotopic (exact) mass is 449 g/mol. The minimum Gasteiger partial charge on any atom is -0.390 e. The number of carbonyl (C=O) groups excluding carboxylic acids is 2. The molecule has 6 nitrogen and oxygen atoms in total. The van der Waals surface area contributed by atoms with E-state index in [1.54, 1.807) is 29.2 Å². The maximum absolute atomic E-state index is 13.5. The highest BCUT2D eigenvalue weighted by Crippen LogP contribution is 2.22. The van der Waals surface area contributed by atoms with Crippen LogP contribution in [0.3, 0.4) is 0 Å². The molecule has 2 fully saturated rings. The number of halogens is 3. The highest BCUT2D eigenvalue weighted by molar-refractivity contribution is 6.30. The molecule has 2 aliphatic heterocycles. The molecule has 2 saturated heterocycles. The van der Waals surface area contributed by atoms with Gasteiger partial charge < -0.3 is 14.9 Å². The number of hydrogen-bond acceptors (Lipinski definition) is 4.